The first-order valence-corrected chi connectivity index (χ1v) is 10.1. The molecule has 7 heteroatoms. The number of nitrogens with zero attached hydrogens (tertiary/aromatic N) is 5. The Morgan fingerprint density at radius 1 is 1.12 bits per heavy atom. The van der Waals surface area contributed by atoms with Crippen LogP contribution in [-0.4, -0.2) is 97.8 Å². The first kappa shape index (κ1) is 17.9. The van der Waals surface area contributed by atoms with Crippen LogP contribution in [0.5, 0.6) is 0 Å². The number of methoxy groups -OCH3 is 1. The van der Waals surface area contributed by atoms with E-state index in [-0.39, 0.29) is 17.9 Å². The second-order valence-electron chi connectivity index (χ2n) is 7.96. The van der Waals surface area contributed by atoms with E-state index >= 15 is 0 Å². The Labute approximate surface area is 156 Å². The molecule has 7 nitrogen and oxygen atoms in total. The second-order valence-corrected chi connectivity index (χ2v) is 7.96. The smallest absolute Gasteiger partial charge is 0.236 e. The van der Waals surface area contributed by atoms with Gasteiger partial charge in [-0.15, -0.1) is 0 Å². The number of carbonyl (C=O) groups excluding carboxylic acids is 1. The van der Waals surface area contributed by atoms with Crippen LogP contribution in [0.15, 0.2) is 9.98 Å². The Kier molecular flexibility index (Phi) is 5.55. The molecule has 1 saturated carbocycles. The van der Waals surface area contributed by atoms with Crippen molar-refractivity contribution < 1.29 is 9.53 Å². The van der Waals surface area contributed by atoms with E-state index in [0.717, 1.165) is 64.0 Å². The van der Waals surface area contributed by atoms with Crippen molar-refractivity contribution in [1.29, 1.82) is 0 Å². The Bertz CT molecular complexity index is 566. The Morgan fingerprint density at radius 3 is 2.58 bits per heavy atom. The molecule has 0 radical (unpaired) electrons. The molecule has 0 spiro atoms. The van der Waals surface area contributed by atoms with Gasteiger partial charge in [-0.25, -0.2) is 4.99 Å². The van der Waals surface area contributed by atoms with Gasteiger partial charge in [-0.3, -0.25) is 19.6 Å². The van der Waals surface area contributed by atoms with E-state index in [1.807, 2.05) is 0 Å². The summed E-state index contributed by atoms with van der Waals surface area (Å²) in [4.78, 5) is 28.5. The van der Waals surface area contributed by atoms with E-state index in [0.29, 0.717) is 6.54 Å². The molecule has 0 bridgehead atoms. The van der Waals surface area contributed by atoms with Gasteiger partial charge < -0.3 is 9.64 Å². The first-order valence-electron chi connectivity index (χ1n) is 10.1. The maximum Gasteiger partial charge on any atom is 0.236 e. The summed E-state index contributed by atoms with van der Waals surface area (Å²) in [5.74, 6) is 1.34. The van der Waals surface area contributed by atoms with Crippen LogP contribution in [0, 0.1) is 5.92 Å². The Morgan fingerprint density at radius 2 is 1.88 bits per heavy atom. The molecule has 4 rings (SSSR count). The van der Waals surface area contributed by atoms with Gasteiger partial charge in [0.05, 0.1) is 25.6 Å². The molecule has 0 aromatic rings. The second kappa shape index (κ2) is 8.05. The van der Waals surface area contributed by atoms with Crippen LogP contribution in [0.1, 0.15) is 32.1 Å². The number of amides is 1. The van der Waals surface area contributed by atoms with Crippen LogP contribution >= 0.6 is 0 Å². The largest absolute Gasteiger partial charge is 0.484 e. The van der Waals surface area contributed by atoms with E-state index < -0.39 is 0 Å². The van der Waals surface area contributed by atoms with Crippen LogP contribution in [0.4, 0.5) is 0 Å². The van der Waals surface area contributed by atoms with Gasteiger partial charge in [-0.2, -0.15) is 0 Å². The average Bonchev–Trinajstić information content (AvgIpc) is 2.83. The minimum Gasteiger partial charge on any atom is -0.484 e. The zero-order valence-corrected chi connectivity index (χ0v) is 15.8. The van der Waals surface area contributed by atoms with Crippen molar-refractivity contribution in [2.75, 3.05) is 52.9 Å². The van der Waals surface area contributed by atoms with Crippen LogP contribution in [0.2, 0.25) is 0 Å². The minimum absolute atomic E-state index is 0.244. The van der Waals surface area contributed by atoms with Crippen LogP contribution in [0.25, 0.3) is 0 Å². The highest BCUT2D eigenvalue weighted by Gasteiger charge is 2.34. The number of fused-ring (bicyclic) bond motifs is 1. The first-order chi connectivity index (χ1) is 12.7. The fourth-order valence-electron chi connectivity index (χ4n) is 4.62. The summed E-state index contributed by atoms with van der Waals surface area (Å²) in [6.07, 6.45) is 7.62. The lowest BCUT2D eigenvalue weighted by molar-refractivity contribution is -0.134. The molecule has 0 N–H and O–H groups in total. The number of aliphatic imine (C=N–C) groups is 2. The number of hydrogen-bond acceptors (Lipinski definition) is 6. The lowest BCUT2D eigenvalue weighted by atomic mass is 9.91. The Hall–Kier alpha value is -1.47. The summed E-state index contributed by atoms with van der Waals surface area (Å²) in [5, 5.41) is 0. The predicted octanol–water partition coefficient (Wildman–Crippen LogP) is 0.851. The molecule has 3 heterocycles. The maximum absolute atomic E-state index is 12.8. The molecule has 2 unspecified atom stereocenters. The third-order valence-electron chi connectivity index (χ3n) is 6.55. The molecule has 0 aromatic carbocycles. The molecule has 1 aliphatic carbocycles. The molecule has 2 saturated heterocycles. The van der Waals surface area contributed by atoms with Gasteiger partial charge in [-0.05, 0) is 32.2 Å². The van der Waals surface area contributed by atoms with Crippen LogP contribution < -0.4 is 0 Å². The van der Waals surface area contributed by atoms with Gasteiger partial charge in [-0.1, -0.05) is 6.42 Å². The molecule has 3 aliphatic heterocycles. The number of hydrogen-bond donors (Lipinski definition) is 0. The highest BCUT2D eigenvalue weighted by molar-refractivity contribution is 5.88. The Balaban J connectivity index is 1.26. The molecule has 3 fully saturated rings. The summed E-state index contributed by atoms with van der Waals surface area (Å²) in [7, 11) is 1.69. The number of piperazine rings is 1. The van der Waals surface area contributed by atoms with E-state index in [4.69, 9.17) is 4.74 Å². The van der Waals surface area contributed by atoms with Gasteiger partial charge in [0, 0.05) is 38.8 Å². The summed E-state index contributed by atoms with van der Waals surface area (Å²) < 4.78 is 5.43. The number of likely N-dealkylation sites (tertiary alicyclic amines) is 1. The summed E-state index contributed by atoms with van der Waals surface area (Å²) in [5.41, 5.74) is 0. The third kappa shape index (κ3) is 3.78. The molecule has 1 amide bonds. The van der Waals surface area contributed by atoms with Crippen molar-refractivity contribution in [3.05, 3.63) is 0 Å². The zero-order valence-electron chi connectivity index (χ0n) is 15.8. The highest BCUT2D eigenvalue weighted by Crippen LogP contribution is 2.26. The van der Waals surface area contributed by atoms with E-state index in [9.17, 15) is 4.79 Å². The standard InChI is InChI=1S/C19H31N5O2/c1-26-19-16-5-7-22(8-6-17(16)20-14-21-19)13-18(25)24-11-9-23(10-12-24)15-3-2-4-15/h14-17H,2-13H2,1H3. The van der Waals surface area contributed by atoms with Gasteiger partial charge >= 0.3 is 0 Å². The minimum atomic E-state index is 0.244. The van der Waals surface area contributed by atoms with Crippen LogP contribution in [-0.2, 0) is 9.53 Å². The fraction of sp³-hybridized carbons (Fsp3) is 0.842. The number of rotatable bonds is 3. The normalized spacial score (nSPS) is 31.0. The van der Waals surface area contributed by atoms with E-state index in [2.05, 4.69) is 24.7 Å². The molecule has 2 atom stereocenters. The maximum atomic E-state index is 12.8. The highest BCUT2D eigenvalue weighted by atomic mass is 16.5. The van der Waals surface area contributed by atoms with Crippen molar-refractivity contribution in [1.82, 2.24) is 14.7 Å². The van der Waals surface area contributed by atoms with E-state index in [1.54, 1.807) is 13.4 Å². The SMILES string of the molecule is COC1=NC=NC2CCN(CC(=O)N3CCN(C4CCC4)CC3)CCC12. The van der Waals surface area contributed by atoms with Crippen molar-refractivity contribution >= 4 is 18.1 Å². The molecule has 4 aliphatic rings. The summed E-state index contributed by atoms with van der Waals surface area (Å²) in [6.45, 7) is 6.23. The monoisotopic (exact) mass is 361 g/mol. The average molecular weight is 361 g/mol. The lowest BCUT2D eigenvalue weighted by Gasteiger charge is -2.43. The fourth-order valence-corrected chi connectivity index (χ4v) is 4.62. The van der Waals surface area contributed by atoms with Crippen molar-refractivity contribution in [2.24, 2.45) is 15.9 Å². The van der Waals surface area contributed by atoms with Crippen LogP contribution in [0.3, 0.4) is 0 Å². The van der Waals surface area contributed by atoms with Gasteiger partial charge in [0.2, 0.25) is 5.91 Å². The molecular weight excluding hydrogens is 330 g/mol. The molecule has 0 aromatic heterocycles. The summed E-state index contributed by atoms with van der Waals surface area (Å²) >= 11 is 0. The number of carbonyl (C=O) groups is 1. The quantitative estimate of drug-likeness (QED) is 0.748. The zero-order chi connectivity index (χ0) is 17.9. The van der Waals surface area contributed by atoms with Crippen molar-refractivity contribution in [3.63, 3.8) is 0 Å². The molecule has 144 valence electrons. The van der Waals surface area contributed by atoms with Gasteiger partial charge in [0.1, 0.15) is 6.34 Å². The third-order valence-corrected chi connectivity index (χ3v) is 6.55. The van der Waals surface area contributed by atoms with Crippen molar-refractivity contribution in [3.8, 4) is 0 Å². The van der Waals surface area contributed by atoms with Gasteiger partial charge in [0.25, 0.3) is 0 Å². The van der Waals surface area contributed by atoms with E-state index in [1.165, 1.54) is 19.3 Å². The van der Waals surface area contributed by atoms with Crippen molar-refractivity contribution in [2.45, 2.75) is 44.2 Å². The predicted molar refractivity (Wildman–Crippen MR) is 102 cm³/mol. The van der Waals surface area contributed by atoms with Gasteiger partial charge in [0.15, 0.2) is 5.90 Å². The number of ether oxygens (including phenoxy) is 1. The topological polar surface area (TPSA) is 60.7 Å². The molecule has 26 heavy (non-hydrogen) atoms. The molecular formula is C19H31N5O2. The summed E-state index contributed by atoms with van der Waals surface area (Å²) in [6, 6.07) is 1.03. The lowest BCUT2D eigenvalue weighted by Crippen LogP contribution is -2.55.